The largest absolute Gasteiger partial charge is 0.497 e. The van der Waals surface area contributed by atoms with E-state index >= 15 is 0 Å². The Balaban J connectivity index is 1.71. The number of carbonyl (C=O) groups excluding carboxylic acids is 2. The number of likely N-dealkylation sites (tertiary alicyclic amines) is 1. The predicted octanol–water partition coefficient (Wildman–Crippen LogP) is 2.64. The number of hydrogen-bond acceptors (Lipinski definition) is 3. The number of hydrogen-bond donors (Lipinski definition) is 1. The van der Waals surface area contributed by atoms with Crippen molar-refractivity contribution >= 4 is 11.8 Å². The van der Waals surface area contributed by atoms with Crippen molar-refractivity contribution in [3.63, 3.8) is 0 Å². The molecule has 1 aromatic carbocycles. The van der Waals surface area contributed by atoms with E-state index in [0.717, 1.165) is 30.6 Å². The van der Waals surface area contributed by atoms with Crippen molar-refractivity contribution in [2.75, 3.05) is 26.7 Å². The van der Waals surface area contributed by atoms with Crippen LogP contribution in [0.25, 0.3) is 0 Å². The van der Waals surface area contributed by atoms with Crippen LogP contribution in [0.2, 0.25) is 0 Å². The summed E-state index contributed by atoms with van der Waals surface area (Å²) in [6.07, 6.45) is 2.90. The maximum absolute atomic E-state index is 12.3. The van der Waals surface area contributed by atoms with E-state index in [1.54, 1.807) is 7.11 Å². The summed E-state index contributed by atoms with van der Waals surface area (Å²) in [6, 6.07) is 7.90. The Bertz CT molecular complexity index is 578. The lowest BCUT2D eigenvalue weighted by molar-refractivity contribution is -0.136. The summed E-state index contributed by atoms with van der Waals surface area (Å²) in [7, 11) is 1.65. The Morgan fingerprint density at radius 2 is 2.00 bits per heavy atom. The molecule has 25 heavy (non-hydrogen) atoms. The molecular weight excluding hydrogens is 316 g/mol. The molecule has 0 radical (unpaired) electrons. The van der Waals surface area contributed by atoms with E-state index in [2.05, 4.69) is 19.2 Å². The SMILES string of the molecule is COc1cccc(CCNC(=O)C2CCN(C(=O)CC(C)C)CC2)c1. The van der Waals surface area contributed by atoms with Crippen LogP contribution in [0.4, 0.5) is 0 Å². The van der Waals surface area contributed by atoms with Crippen LogP contribution in [-0.4, -0.2) is 43.5 Å². The van der Waals surface area contributed by atoms with E-state index in [1.165, 1.54) is 0 Å². The van der Waals surface area contributed by atoms with Gasteiger partial charge >= 0.3 is 0 Å². The summed E-state index contributed by atoms with van der Waals surface area (Å²) in [4.78, 5) is 26.3. The summed E-state index contributed by atoms with van der Waals surface area (Å²) in [5.74, 6) is 1.56. The quantitative estimate of drug-likeness (QED) is 0.826. The van der Waals surface area contributed by atoms with Gasteiger partial charge in [0.25, 0.3) is 0 Å². The number of rotatable bonds is 7. The number of nitrogens with zero attached hydrogens (tertiary/aromatic N) is 1. The summed E-state index contributed by atoms with van der Waals surface area (Å²) >= 11 is 0. The number of methoxy groups -OCH3 is 1. The highest BCUT2D eigenvalue weighted by Gasteiger charge is 2.27. The van der Waals surface area contributed by atoms with Crippen molar-refractivity contribution in [3.8, 4) is 5.75 Å². The molecule has 138 valence electrons. The molecule has 0 bridgehead atoms. The summed E-state index contributed by atoms with van der Waals surface area (Å²) in [5, 5.41) is 3.03. The van der Waals surface area contributed by atoms with Crippen LogP contribution in [-0.2, 0) is 16.0 Å². The molecule has 1 aromatic rings. The van der Waals surface area contributed by atoms with Gasteiger partial charge in [0.2, 0.25) is 11.8 Å². The molecule has 2 rings (SSSR count). The van der Waals surface area contributed by atoms with Crippen LogP contribution >= 0.6 is 0 Å². The average Bonchev–Trinajstić information content (AvgIpc) is 2.61. The van der Waals surface area contributed by atoms with Gasteiger partial charge in [-0.3, -0.25) is 9.59 Å². The van der Waals surface area contributed by atoms with Gasteiger partial charge in [0.1, 0.15) is 5.75 Å². The molecule has 0 spiro atoms. The van der Waals surface area contributed by atoms with Crippen molar-refractivity contribution in [2.24, 2.45) is 11.8 Å². The highest BCUT2D eigenvalue weighted by Crippen LogP contribution is 2.19. The molecular formula is C20H30N2O3. The van der Waals surface area contributed by atoms with Gasteiger partial charge in [0.15, 0.2) is 0 Å². The molecule has 5 heteroatoms. The minimum atomic E-state index is 0.0217. The van der Waals surface area contributed by atoms with Gasteiger partial charge < -0.3 is 15.0 Å². The van der Waals surface area contributed by atoms with Gasteiger partial charge in [-0.1, -0.05) is 26.0 Å². The minimum Gasteiger partial charge on any atom is -0.497 e. The molecule has 1 heterocycles. The highest BCUT2D eigenvalue weighted by molar-refractivity contribution is 5.80. The Morgan fingerprint density at radius 3 is 2.64 bits per heavy atom. The molecule has 2 amide bonds. The lowest BCUT2D eigenvalue weighted by atomic mass is 9.95. The summed E-state index contributed by atoms with van der Waals surface area (Å²) in [6.45, 7) is 6.12. The first-order valence-electron chi connectivity index (χ1n) is 9.18. The topological polar surface area (TPSA) is 58.6 Å². The van der Waals surface area contributed by atoms with E-state index in [0.29, 0.717) is 32.0 Å². The van der Waals surface area contributed by atoms with Gasteiger partial charge in [-0.05, 0) is 42.9 Å². The number of benzene rings is 1. The lowest BCUT2D eigenvalue weighted by Crippen LogP contribution is -2.43. The third kappa shape index (κ3) is 6.07. The maximum Gasteiger partial charge on any atom is 0.223 e. The van der Waals surface area contributed by atoms with Crippen LogP contribution in [0.5, 0.6) is 5.75 Å². The third-order valence-corrected chi connectivity index (χ3v) is 4.65. The second kappa shape index (κ2) is 9.44. The second-order valence-electron chi connectivity index (χ2n) is 7.15. The Hall–Kier alpha value is -2.04. The van der Waals surface area contributed by atoms with Crippen molar-refractivity contribution in [3.05, 3.63) is 29.8 Å². The van der Waals surface area contributed by atoms with Crippen molar-refractivity contribution in [1.82, 2.24) is 10.2 Å². The predicted molar refractivity (Wildman–Crippen MR) is 98.5 cm³/mol. The standard InChI is InChI=1S/C20H30N2O3/c1-15(2)13-19(23)22-11-8-17(9-12-22)20(24)21-10-7-16-5-4-6-18(14-16)25-3/h4-6,14-15,17H,7-13H2,1-3H3,(H,21,24). The molecule has 1 aliphatic heterocycles. The molecule has 1 aliphatic rings. The van der Waals surface area contributed by atoms with Crippen LogP contribution in [0.1, 0.15) is 38.7 Å². The smallest absolute Gasteiger partial charge is 0.223 e. The van der Waals surface area contributed by atoms with Gasteiger partial charge in [0, 0.05) is 32.0 Å². The van der Waals surface area contributed by atoms with E-state index in [1.807, 2.05) is 29.2 Å². The number of ether oxygens (including phenoxy) is 1. The van der Waals surface area contributed by atoms with E-state index < -0.39 is 0 Å². The Kier molecular flexibility index (Phi) is 7.29. The van der Waals surface area contributed by atoms with Crippen molar-refractivity contribution < 1.29 is 14.3 Å². The fourth-order valence-electron chi connectivity index (χ4n) is 3.17. The normalized spacial score (nSPS) is 15.3. The maximum atomic E-state index is 12.3. The van der Waals surface area contributed by atoms with E-state index in [-0.39, 0.29) is 17.7 Å². The molecule has 0 aliphatic carbocycles. The van der Waals surface area contributed by atoms with E-state index in [4.69, 9.17) is 4.74 Å². The number of nitrogens with one attached hydrogen (secondary N) is 1. The summed E-state index contributed by atoms with van der Waals surface area (Å²) < 4.78 is 5.21. The number of piperidine rings is 1. The fourth-order valence-corrected chi connectivity index (χ4v) is 3.17. The summed E-state index contributed by atoms with van der Waals surface area (Å²) in [5.41, 5.74) is 1.15. The van der Waals surface area contributed by atoms with Gasteiger partial charge in [-0.25, -0.2) is 0 Å². The lowest BCUT2D eigenvalue weighted by Gasteiger charge is -2.31. The molecule has 1 N–H and O–H groups in total. The zero-order valence-corrected chi connectivity index (χ0v) is 15.6. The molecule has 0 unspecified atom stereocenters. The van der Waals surface area contributed by atoms with Crippen LogP contribution in [0.3, 0.4) is 0 Å². The first kappa shape index (κ1) is 19.3. The van der Waals surface area contributed by atoms with Gasteiger partial charge in [0.05, 0.1) is 7.11 Å². The van der Waals surface area contributed by atoms with Crippen LogP contribution in [0.15, 0.2) is 24.3 Å². The molecule has 5 nitrogen and oxygen atoms in total. The highest BCUT2D eigenvalue weighted by atomic mass is 16.5. The first-order chi connectivity index (χ1) is 12.0. The van der Waals surface area contributed by atoms with Gasteiger partial charge in [-0.15, -0.1) is 0 Å². The third-order valence-electron chi connectivity index (χ3n) is 4.65. The zero-order valence-electron chi connectivity index (χ0n) is 15.6. The molecule has 0 aromatic heterocycles. The van der Waals surface area contributed by atoms with Crippen LogP contribution < -0.4 is 10.1 Å². The first-order valence-corrected chi connectivity index (χ1v) is 9.18. The average molecular weight is 346 g/mol. The fraction of sp³-hybridized carbons (Fsp3) is 0.600. The van der Waals surface area contributed by atoms with Crippen molar-refractivity contribution in [2.45, 2.75) is 39.5 Å². The zero-order chi connectivity index (χ0) is 18.2. The Morgan fingerprint density at radius 1 is 1.28 bits per heavy atom. The van der Waals surface area contributed by atoms with Gasteiger partial charge in [-0.2, -0.15) is 0 Å². The number of amides is 2. The molecule has 0 saturated carbocycles. The molecule has 0 atom stereocenters. The second-order valence-corrected chi connectivity index (χ2v) is 7.15. The van der Waals surface area contributed by atoms with Crippen molar-refractivity contribution in [1.29, 1.82) is 0 Å². The molecule has 1 saturated heterocycles. The van der Waals surface area contributed by atoms with E-state index in [9.17, 15) is 9.59 Å². The molecule has 1 fully saturated rings. The number of carbonyl (C=O) groups is 2. The Labute approximate surface area is 150 Å². The monoisotopic (exact) mass is 346 g/mol. The van der Waals surface area contributed by atoms with Crippen LogP contribution in [0, 0.1) is 11.8 Å². The minimum absolute atomic E-state index is 0.0217.